The van der Waals surface area contributed by atoms with Crippen LogP contribution in [-0.4, -0.2) is 23.8 Å². The van der Waals surface area contributed by atoms with Crippen LogP contribution in [-0.2, 0) is 11.3 Å². The number of nitrogens with one attached hydrogen (secondary N) is 1. The topological polar surface area (TPSA) is 86.7 Å². The van der Waals surface area contributed by atoms with Gasteiger partial charge < -0.3 is 23.7 Å². The highest BCUT2D eigenvalue weighted by molar-refractivity contribution is 5.81. The van der Waals surface area contributed by atoms with Gasteiger partial charge in [0.2, 0.25) is 11.9 Å². The number of aromatic nitrogens is 1. The van der Waals surface area contributed by atoms with Gasteiger partial charge in [-0.25, -0.2) is 0 Å². The number of carbonyl (C=O) groups excluding carboxylic acids is 1. The molecule has 3 heterocycles. The smallest absolute Gasteiger partial charge is 0.265 e. The van der Waals surface area contributed by atoms with Gasteiger partial charge in [-0.15, -0.1) is 0 Å². The standard InChI is InChI=1S/C17H14N2O5/c20-17(16-10-22-12-4-1-2-5-14(12)23-16)18-9-11-8-15(24-19-11)13-6-3-7-21-13/h1-8,16H,9-10H2,(H,18,20)/t16-/m0/s1. The van der Waals surface area contributed by atoms with Crippen molar-refractivity contribution < 1.29 is 23.2 Å². The Morgan fingerprint density at radius 3 is 2.88 bits per heavy atom. The van der Waals surface area contributed by atoms with Crippen molar-refractivity contribution >= 4 is 5.91 Å². The fourth-order valence-electron chi connectivity index (χ4n) is 2.37. The molecule has 0 saturated heterocycles. The van der Waals surface area contributed by atoms with Crippen molar-refractivity contribution in [1.29, 1.82) is 0 Å². The number of furan rings is 1. The van der Waals surface area contributed by atoms with E-state index in [-0.39, 0.29) is 19.1 Å². The van der Waals surface area contributed by atoms with Crippen molar-refractivity contribution in [3.05, 3.63) is 54.4 Å². The van der Waals surface area contributed by atoms with E-state index in [1.165, 1.54) is 0 Å². The lowest BCUT2D eigenvalue weighted by molar-refractivity contribution is -0.130. The van der Waals surface area contributed by atoms with Gasteiger partial charge in [-0.05, 0) is 24.3 Å². The van der Waals surface area contributed by atoms with Gasteiger partial charge in [0.15, 0.2) is 17.3 Å². The van der Waals surface area contributed by atoms with Crippen molar-refractivity contribution in [1.82, 2.24) is 10.5 Å². The highest BCUT2D eigenvalue weighted by Crippen LogP contribution is 2.30. The average Bonchev–Trinajstić information content (AvgIpc) is 3.30. The second-order valence-corrected chi connectivity index (χ2v) is 5.24. The van der Waals surface area contributed by atoms with Crippen LogP contribution >= 0.6 is 0 Å². The number of benzene rings is 1. The molecule has 0 spiro atoms. The summed E-state index contributed by atoms with van der Waals surface area (Å²) in [5.41, 5.74) is 0.590. The van der Waals surface area contributed by atoms with Crippen LogP contribution in [0.15, 0.2) is 57.7 Å². The minimum Gasteiger partial charge on any atom is -0.485 e. The summed E-state index contributed by atoms with van der Waals surface area (Å²) in [6, 6.07) is 12.5. The van der Waals surface area contributed by atoms with Crippen LogP contribution in [0.1, 0.15) is 5.69 Å². The Balaban J connectivity index is 1.36. The average molecular weight is 326 g/mol. The van der Waals surface area contributed by atoms with E-state index in [1.54, 1.807) is 36.6 Å². The Labute approximate surface area is 137 Å². The number of rotatable bonds is 4. The zero-order valence-electron chi connectivity index (χ0n) is 12.6. The first kappa shape index (κ1) is 14.4. The van der Waals surface area contributed by atoms with Crippen molar-refractivity contribution in [2.75, 3.05) is 6.61 Å². The summed E-state index contributed by atoms with van der Waals surface area (Å²) in [4.78, 5) is 12.2. The van der Waals surface area contributed by atoms with Crippen molar-refractivity contribution in [2.45, 2.75) is 12.6 Å². The van der Waals surface area contributed by atoms with Crippen LogP contribution < -0.4 is 14.8 Å². The summed E-state index contributed by atoms with van der Waals surface area (Å²) in [5, 5.41) is 6.66. The van der Waals surface area contributed by atoms with Gasteiger partial charge in [0.05, 0.1) is 12.8 Å². The third-order valence-electron chi connectivity index (χ3n) is 3.57. The van der Waals surface area contributed by atoms with Crippen molar-refractivity contribution in [2.24, 2.45) is 0 Å². The molecule has 1 aliphatic rings. The van der Waals surface area contributed by atoms with Crippen molar-refractivity contribution in [3.8, 4) is 23.0 Å². The monoisotopic (exact) mass is 326 g/mol. The quantitative estimate of drug-likeness (QED) is 0.792. The molecule has 0 unspecified atom stereocenters. The molecule has 122 valence electrons. The number of nitrogens with zero attached hydrogens (tertiary/aromatic N) is 1. The van der Waals surface area contributed by atoms with Gasteiger partial charge in [0.1, 0.15) is 12.3 Å². The van der Waals surface area contributed by atoms with E-state index in [9.17, 15) is 4.79 Å². The molecule has 1 aliphatic heterocycles. The van der Waals surface area contributed by atoms with Gasteiger partial charge in [-0.2, -0.15) is 0 Å². The second-order valence-electron chi connectivity index (χ2n) is 5.24. The number of hydrogen-bond donors (Lipinski definition) is 1. The first-order valence-electron chi connectivity index (χ1n) is 7.45. The van der Waals surface area contributed by atoms with Crippen LogP contribution in [0.2, 0.25) is 0 Å². The normalized spacial score (nSPS) is 15.9. The van der Waals surface area contributed by atoms with Crippen LogP contribution in [0.5, 0.6) is 11.5 Å². The van der Waals surface area contributed by atoms with Gasteiger partial charge in [-0.3, -0.25) is 4.79 Å². The largest absolute Gasteiger partial charge is 0.485 e. The van der Waals surface area contributed by atoms with Crippen LogP contribution in [0, 0.1) is 0 Å². The maximum Gasteiger partial charge on any atom is 0.265 e. The molecule has 0 fully saturated rings. The van der Waals surface area contributed by atoms with E-state index in [2.05, 4.69) is 10.5 Å². The minimum absolute atomic E-state index is 0.166. The molecule has 0 aliphatic carbocycles. The molecule has 3 aromatic rings. The predicted octanol–water partition coefficient (Wildman–Crippen LogP) is 2.39. The lowest BCUT2D eigenvalue weighted by atomic mass is 10.2. The van der Waals surface area contributed by atoms with E-state index in [0.717, 1.165) is 0 Å². The number of ether oxygens (including phenoxy) is 2. The molecule has 7 heteroatoms. The molecule has 0 saturated carbocycles. The first-order valence-corrected chi connectivity index (χ1v) is 7.45. The summed E-state index contributed by atoms with van der Waals surface area (Å²) in [7, 11) is 0. The van der Waals surface area contributed by atoms with Gasteiger partial charge >= 0.3 is 0 Å². The molecule has 4 rings (SSSR count). The van der Waals surface area contributed by atoms with E-state index in [1.807, 2.05) is 12.1 Å². The molecule has 24 heavy (non-hydrogen) atoms. The lowest BCUT2D eigenvalue weighted by Crippen LogP contribution is -2.43. The molecule has 7 nitrogen and oxygen atoms in total. The number of hydrogen-bond acceptors (Lipinski definition) is 6. The molecule has 1 aromatic carbocycles. The highest BCUT2D eigenvalue weighted by atomic mass is 16.6. The van der Waals surface area contributed by atoms with Crippen LogP contribution in [0.4, 0.5) is 0 Å². The number of carbonyl (C=O) groups is 1. The lowest BCUT2D eigenvalue weighted by Gasteiger charge is -2.25. The third kappa shape index (κ3) is 2.83. The number of amides is 1. The molecule has 1 amide bonds. The Bertz CT molecular complexity index is 840. The van der Waals surface area contributed by atoms with Gasteiger partial charge in [-0.1, -0.05) is 17.3 Å². The molecule has 0 bridgehead atoms. The van der Waals surface area contributed by atoms with Crippen LogP contribution in [0.3, 0.4) is 0 Å². The molecule has 2 aromatic heterocycles. The summed E-state index contributed by atoms with van der Waals surface area (Å²) in [6.45, 7) is 0.393. The summed E-state index contributed by atoms with van der Waals surface area (Å²) < 4.78 is 21.6. The molecule has 0 radical (unpaired) electrons. The summed E-state index contributed by atoms with van der Waals surface area (Å²) >= 11 is 0. The zero-order chi connectivity index (χ0) is 16.4. The third-order valence-corrected chi connectivity index (χ3v) is 3.57. The summed E-state index contributed by atoms with van der Waals surface area (Å²) in [6.07, 6.45) is 0.855. The van der Waals surface area contributed by atoms with Crippen LogP contribution in [0.25, 0.3) is 11.5 Å². The molecular formula is C17H14N2O5. The summed E-state index contributed by atoms with van der Waals surface area (Å²) in [5.74, 6) is 2.02. The van der Waals surface area contributed by atoms with Gasteiger partial charge in [0, 0.05) is 6.07 Å². The van der Waals surface area contributed by atoms with E-state index in [4.69, 9.17) is 18.4 Å². The Kier molecular flexibility index (Phi) is 3.66. The number of para-hydroxylation sites is 2. The van der Waals surface area contributed by atoms with Gasteiger partial charge in [0.25, 0.3) is 5.91 Å². The molecule has 1 atom stereocenters. The minimum atomic E-state index is -0.698. The van der Waals surface area contributed by atoms with E-state index >= 15 is 0 Å². The zero-order valence-corrected chi connectivity index (χ0v) is 12.6. The first-order chi connectivity index (χ1) is 11.8. The molecular weight excluding hydrogens is 312 g/mol. The van der Waals surface area contributed by atoms with E-state index in [0.29, 0.717) is 28.7 Å². The Hall–Kier alpha value is -3.22. The number of fused-ring (bicyclic) bond motifs is 1. The second kappa shape index (κ2) is 6.11. The fourth-order valence-corrected chi connectivity index (χ4v) is 2.37. The Morgan fingerprint density at radius 1 is 1.17 bits per heavy atom. The maximum absolute atomic E-state index is 12.2. The van der Waals surface area contributed by atoms with E-state index < -0.39 is 6.10 Å². The molecule has 1 N–H and O–H groups in total. The highest BCUT2D eigenvalue weighted by Gasteiger charge is 2.27. The fraction of sp³-hybridized carbons (Fsp3) is 0.176. The maximum atomic E-state index is 12.2. The van der Waals surface area contributed by atoms with Crippen molar-refractivity contribution in [3.63, 3.8) is 0 Å². The Morgan fingerprint density at radius 2 is 2.04 bits per heavy atom. The predicted molar refractivity (Wildman–Crippen MR) is 82.4 cm³/mol. The SMILES string of the molecule is O=C(NCc1cc(-c2ccco2)on1)[C@@H]1COc2ccccc2O1.